The van der Waals surface area contributed by atoms with Crippen molar-refractivity contribution in [1.82, 2.24) is 9.80 Å². The Kier molecular flexibility index (Phi) is 5.75. The van der Waals surface area contributed by atoms with E-state index in [0.29, 0.717) is 11.5 Å². The van der Waals surface area contributed by atoms with Crippen LogP contribution in [0.4, 0.5) is 0 Å². The van der Waals surface area contributed by atoms with Crippen LogP contribution in [0.5, 0.6) is 0 Å². The van der Waals surface area contributed by atoms with E-state index >= 15 is 0 Å². The maximum Gasteiger partial charge on any atom is 0.0192 e. The van der Waals surface area contributed by atoms with Crippen LogP contribution < -0.4 is 0 Å². The van der Waals surface area contributed by atoms with Crippen molar-refractivity contribution in [2.45, 2.75) is 39.7 Å². The zero-order valence-electron chi connectivity index (χ0n) is 11.3. The summed E-state index contributed by atoms with van der Waals surface area (Å²) in [5.41, 5.74) is 0.482. The zero-order chi connectivity index (χ0) is 12.2. The summed E-state index contributed by atoms with van der Waals surface area (Å²) in [7, 11) is 2.24. The van der Waals surface area contributed by atoms with Crippen molar-refractivity contribution in [3.63, 3.8) is 0 Å². The fourth-order valence-corrected chi connectivity index (χ4v) is 3.42. The van der Waals surface area contributed by atoms with E-state index in [9.17, 15) is 0 Å². The molecule has 1 aliphatic heterocycles. The van der Waals surface area contributed by atoms with Gasteiger partial charge in [0, 0.05) is 37.6 Å². The van der Waals surface area contributed by atoms with Gasteiger partial charge in [0.25, 0.3) is 0 Å². The third kappa shape index (κ3) is 3.44. The molecular formula is C13H27BrN2. The molecule has 2 nitrogen and oxygen atoms in total. The van der Waals surface area contributed by atoms with Crippen LogP contribution in [0.25, 0.3) is 0 Å². The van der Waals surface area contributed by atoms with E-state index in [-0.39, 0.29) is 0 Å². The maximum atomic E-state index is 3.71. The van der Waals surface area contributed by atoms with E-state index < -0.39 is 0 Å². The van der Waals surface area contributed by atoms with Crippen molar-refractivity contribution in [2.75, 3.05) is 38.6 Å². The summed E-state index contributed by atoms with van der Waals surface area (Å²) in [6, 6.07) is 0.704. The van der Waals surface area contributed by atoms with Gasteiger partial charge in [-0.25, -0.2) is 0 Å². The molecule has 0 bridgehead atoms. The van der Waals surface area contributed by atoms with Crippen molar-refractivity contribution in [2.24, 2.45) is 5.41 Å². The molecule has 0 saturated carbocycles. The Morgan fingerprint density at radius 3 is 2.31 bits per heavy atom. The molecule has 1 heterocycles. The first-order valence-electron chi connectivity index (χ1n) is 6.55. The number of rotatable bonds is 5. The fraction of sp³-hybridized carbons (Fsp3) is 1.00. The molecule has 96 valence electrons. The SMILES string of the molecule is CCC(CC)(CBr)CN1CCN(C)C(C)C1. The molecule has 0 N–H and O–H groups in total. The van der Waals surface area contributed by atoms with Gasteiger partial charge in [0.1, 0.15) is 0 Å². The zero-order valence-corrected chi connectivity index (χ0v) is 12.9. The molecule has 1 atom stereocenters. The predicted octanol–water partition coefficient (Wildman–Crippen LogP) is 2.82. The highest BCUT2D eigenvalue weighted by atomic mass is 79.9. The lowest BCUT2D eigenvalue weighted by Crippen LogP contribution is -2.53. The first kappa shape index (κ1) is 14.5. The number of nitrogens with zero attached hydrogens (tertiary/aromatic N) is 2. The number of alkyl halides is 1. The molecule has 0 spiro atoms. The quantitative estimate of drug-likeness (QED) is 0.719. The van der Waals surface area contributed by atoms with E-state index in [0.717, 1.165) is 5.33 Å². The van der Waals surface area contributed by atoms with Crippen LogP contribution in [-0.2, 0) is 0 Å². The van der Waals surface area contributed by atoms with Gasteiger partial charge in [0.2, 0.25) is 0 Å². The number of piperazine rings is 1. The summed E-state index contributed by atoms with van der Waals surface area (Å²) >= 11 is 3.71. The van der Waals surface area contributed by atoms with Gasteiger partial charge in [0.15, 0.2) is 0 Å². The smallest absolute Gasteiger partial charge is 0.0192 e. The third-order valence-corrected chi connectivity index (χ3v) is 5.58. The van der Waals surface area contributed by atoms with Crippen LogP contribution in [0.15, 0.2) is 0 Å². The number of likely N-dealkylation sites (N-methyl/N-ethyl adjacent to an activating group) is 1. The Labute approximate surface area is 109 Å². The number of hydrogen-bond donors (Lipinski definition) is 0. The molecule has 0 radical (unpaired) electrons. The molecular weight excluding hydrogens is 264 g/mol. The van der Waals surface area contributed by atoms with Crippen LogP contribution in [0.3, 0.4) is 0 Å². The summed E-state index contributed by atoms with van der Waals surface area (Å²) in [5, 5.41) is 1.13. The van der Waals surface area contributed by atoms with Crippen LogP contribution in [0, 0.1) is 5.41 Å². The molecule has 0 aliphatic carbocycles. The standard InChI is InChI=1S/C13H27BrN2/c1-5-13(6-2,10-14)11-16-8-7-15(4)12(3)9-16/h12H,5-11H2,1-4H3. The van der Waals surface area contributed by atoms with Crippen LogP contribution in [0.2, 0.25) is 0 Å². The lowest BCUT2D eigenvalue weighted by molar-refractivity contribution is 0.0687. The van der Waals surface area contributed by atoms with Crippen molar-refractivity contribution in [1.29, 1.82) is 0 Å². The topological polar surface area (TPSA) is 6.48 Å². The lowest BCUT2D eigenvalue weighted by Gasteiger charge is -2.42. The van der Waals surface area contributed by atoms with Crippen molar-refractivity contribution in [3.05, 3.63) is 0 Å². The summed E-state index contributed by atoms with van der Waals surface area (Å²) in [4.78, 5) is 5.11. The second-order valence-electron chi connectivity index (χ2n) is 5.41. The Hall–Kier alpha value is 0.400. The molecule has 0 aromatic carbocycles. The van der Waals surface area contributed by atoms with Crippen molar-refractivity contribution >= 4 is 15.9 Å². The summed E-state index contributed by atoms with van der Waals surface area (Å²) in [5.74, 6) is 0. The minimum atomic E-state index is 0.482. The second kappa shape index (κ2) is 6.36. The monoisotopic (exact) mass is 290 g/mol. The molecule has 16 heavy (non-hydrogen) atoms. The third-order valence-electron chi connectivity index (χ3n) is 4.39. The Morgan fingerprint density at radius 2 is 1.88 bits per heavy atom. The number of halogens is 1. The van der Waals surface area contributed by atoms with Gasteiger partial charge < -0.3 is 4.90 Å². The fourth-order valence-electron chi connectivity index (χ4n) is 2.45. The van der Waals surface area contributed by atoms with E-state index in [4.69, 9.17) is 0 Å². The molecule has 1 saturated heterocycles. The average molecular weight is 291 g/mol. The van der Waals surface area contributed by atoms with Gasteiger partial charge in [-0.2, -0.15) is 0 Å². The van der Waals surface area contributed by atoms with Gasteiger partial charge in [-0.3, -0.25) is 4.90 Å². The lowest BCUT2D eigenvalue weighted by atomic mass is 9.84. The highest BCUT2D eigenvalue weighted by Crippen LogP contribution is 2.30. The molecule has 1 fully saturated rings. The van der Waals surface area contributed by atoms with Crippen molar-refractivity contribution in [3.8, 4) is 0 Å². The van der Waals surface area contributed by atoms with E-state index in [1.165, 1.54) is 39.0 Å². The minimum Gasteiger partial charge on any atom is -0.301 e. The van der Waals surface area contributed by atoms with Crippen LogP contribution in [0.1, 0.15) is 33.6 Å². The largest absolute Gasteiger partial charge is 0.301 e. The maximum absolute atomic E-state index is 3.71. The minimum absolute atomic E-state index is 0.482. The van der Waals surface area contributed by atoms with Gasteiger partial charge >= 0.3 is 0 Å². The van der Waals surface area contributed by atoms with E-state index in [2.05, 4.69) is 53.5 Å². The van der Waals surface area contributed by atoms with Gasteiger partial charge in [-0.15, -0.1) is 0 Å². The summed E-state index contributed by atoms with van der Waals surface area (Å²) < 4.78 is 0. The van der Waals surface area contributed by atoms with E-state index in [1.54, 1.807) is 0 Å². The number of hydrogen-bond acceptors (Lipinski definition) is 2. The second-order valence-corrected chi connectivity index (χ2v) is 5.97. The Morgan fingerprint density at radius 1 is 1.25 bits per heavy atom. The molecule has 1 unspecified atom stereocenters. The molecule has 0 aromatic rings. The first-order chi connectivity index (χ1) is 7.56. The Balaban J connectivity index is 2.53. The van der Waals surface area contributed by atoms with E-state index in [1.807, 2.05) is 0 Å². The van der Waals surface area contributed by atoms with Gasteiger partial charge in [-0.05, 0) is 32.2 Å². The van der Waals surface area contributed by atoms with Gasteiger partial charge in [-0.1, -0.05) is 29.8 Å². The molecule has 0 aromatic heterocycles. The Bertz CT molecular complexity index is 196. The predicted molar refractivity (Wildman–Crippen MR) is 75.3 cm³/mol. The summed E-state index contributed by atoms with van der Waals surface area (Å²) in [6.45, 7) is 11.9. The normalized spacial score (nSPS) is 24.9. The summed E-state index contributed by atoms with van der Waals surface area (Å²) in [6.07, 6.45) is 2.55. The van der Waals surface area contributed by atoms with Crippen LogP contribution >= 0.6 is 15.9 Å². The first-order valence-corrected chi connectivity index (χ1v) is 7.67. The van der Waals surface area contributed by atoms with Crippen LogP contribution in [-0.4, -0.2) is 54.4 Å². The molecule has 0 amide bonds. The highest BCUT2D eigenvalue weighted by Gasteiger charge is 2.30. The highest BCUT2D eigenvalue weighted by molar-refractivity contribution is 9.09. The van der Waals surface area contributed by atoms with Gasteiger partial charge in [0.05, 0.1) is 0 Å². The molecule has 1 rings (SSSR count). The average Bonchev–Trinajstić information content (AvgIpc) is 2.31. The molecule has 3 heteroatoms. The van der Waals surface area contributed by atoms with Crippen molar-refractivity contribution < 1.29 is 0 Å². The molecule has 1 aliphatic rings.